The highest BCUT2D eigenvalue weighted by molar-refractivity contribution is 6.01. The maximum atomic E-state index is 12.9. The predicted molar refractivity (Wildman–Crippen MR) is 112 cm³/mol. The second-order valence-electron chi connectivity index (χ2n) is 7.82. The third-order valence-corrected chi connectivity index (χ3v) is 5.43. The first-order valence-electron chi connectivity index (χ1n) is 9.35. The molecule has 1 aliphatic rings. The number of pyridine rings is 1. The highest BCUT2D eigenvalue weighted by atomic mass is 16.4. The zero-order chi connectivity index (χ0) is 20.8. The molecule has 0 fully saturated rings. The van der Waals surface area contributed by atoms with Crippen molar-refractivity contribution in [2.24, 2.45) is 0 Å². The number of rotatable bonds is 2. The van der Waals surface area contributed by atoms with E-state index >= 15 is 0 Å². The van der Waals surface area contributed by atoms with Crippen LogP contribution in [-0.2, 0) is 5.41 Å². The quantitative estimate of drug-likeness (QED) is 0.616. The van der Waals surface area contributed by atoms with Crippen LogP contribution in [0.1, 0.15) is 36.2 Å². The smallest absolute Gasteiger partial charge is 0.341 e. The maximum absolute atomic E-state index is 12.9. The van der Waals surface area contributed by atoms with Gasteiger partial charge in [-0.3, -0.25) is 9.36 Å². The molecule has 7 heteroatoms. The van der Waals surface area contributed by atoms with E-state index in [1.54, 1.807) is 18.2 Å². The number of aromatic nitrogens is 1. The van der Waals surface area contributed by atoms with Gasteiger partial charge in [0.1, 0.15) is 5.56 Å². The van der Waals surface area contributed by atoms with Crippen LogP contribution < -0.4 is 16.1 Å². The molecule has 0 unspecified atom stereocenters. The lowest BCUT2D eigenvalue weighted by Crippen LogP contribution is -2.28. The van der Waals surface area contributed by atoms with E-state index in [2.05, 4.69) is 24.5 Å². The van der Waals surface area contributed by atoms with Crippen molar-refractivity contribution in [3.8, 4) is 0 Å². The Labute approximate surface area is 167 Å². The Bertz CT molecular complexity index is 1210. The zero-order valence-electron chi connectivity index (χ0n) is 16.2. The lowest BCUT2D eigenvalue weighted by Gasteiger charge is -2.33. The average molecular weight is 391 g/mol. The van der Waals surface area contributed by atoms with Gasteiger partial charge in [-0.05, 0) is 41.7 Å². The Morgan fingerprint density at radius 1 is 1.17 bits per heavy atom. The molecule has 0 saturated heterocycles. The van der Waals surface area contributed by atoms with E-state index in [0.717, 1.165) is 29.4 Å². The molecule has 0 atom stereocenters. The molecular weight excluding hydrogens is 370 g/mol. The molecule has 2 heterocycles. The summed E-state index contributed by atoms with van der Waals surface area (Å²) in [4.78, 5) is 36.8. The van der Waals surface area contributed by atoms with E-state index in [9.17, 15) is 19.5 Å². The van der Waals surface area contributed by atoms with Crippen molar-refractivity contribution in [1.82, 2.24) is 4.57 Å². The highest BCUT2D eigenvalue weighted by Crippen LogP contribution is 2.37. The average Bonchev–Trinajstić information content (AvgIpc) is 2.67. The van der Waals surface area contributed by atoms with Crippen LogP contribution in [-0.4, -0.2) is 28.2 Å². The molecule has 0 radical (unpaired) electrons. The van der Waals surface area contributed by atoms with Gasteiger partial charge < -0.3 is 15.7 Å². The van der Waals surface area contributed by atoms with Gasteiger partial charge in [0.05, 0.1) is 5.52 Å². The molecule has 0 bridgehead atoms. The number of carboxylic acid groups (broad SMARTS) is 1. The summed E-state index contributed by atoms with van der Waals surface area (Å²) in [6, 6.07) is 11.6. The van der Waals surface area contributed by atoms with Gasteiger partial charge in [0.15, 0.2) is 0 Å². The minimum atomic E-state index is -1.37. The number of nitrogens with zero attached hydrogens (tertiary/aromatic N) is 1. The number of carbonyl (C=O) groups excluding carboxylic acids is 1. The van der Waals surface area contributed by atoms with Crippen molar-refractivity contribution < 1.29 is 14.7 Å². The van der Waals surface area contributed by atoms with Gasteiger partial charge in [-0.25, -0.2) is 9.59 Å². The molecule has 1 amide bonds. The lowest BCUT2D eigenvalue weighted by molar-refractivity contribution is 0.0695. The largest absolute Gasteiger partial charge is 0.477 e. The Morgan fingerprint density at radius 3 is 2.69 bits per heavy atom. The number of hydrogen-bond acceptors (Lipinski definition) is 4. The summed E-state index contributed by atoms with van der Waals surface area (Å²) in [7, 11) is 0. The van der Waals surface area contributed by atoms with E-state index in [4.69, 9.17) is 0 Å². The molecule has 29 heavy (non-hydrogen) atoms. The summed E-state index contributed by atoms with van der Waals surface area (Å²) >= 11 is 0. The number of para-hydroxylation sites is 1. The van der Waals surface area contributed by atoms with Crippen molar-refractivity contribution in [3.05, 3.63) is 70.0 Å². The van der Waals surface area contributed by atoms with E-state index in [1.807, 2.05) is 18.2 Å². The number of nitrogens with one attached hydrogen (secondary N) is 2. The first kappa shape index (κ1) is 18.7. The second kappa shape index (κ2) is 6.77. The lowest BCUT2D eigenvalue weighted by atomic mass is 9.78. The van der Waals surface area contributed by atoms with Gasteiger partial charge >= 0.3 is 12.0 Å². The van der Waals surface area contributed by atoms with E-state index in [1.165, 1.54) is 11.6 Å². The first-order valence-corrected chi connectivity index (χ1v) is 9.35. The SMILES string of the molecule is CC1(C)CCNc2cc(NC(=O)n3cc(C(=O)O)c(=O)c4ccccc43)ccc21. The summed E-state index contributed by atoms with van der Waals surface area (Å²) in [6.07, 6.45) is 2.09. The fraction of sp³-hybridized carbons (Fsp3) is 0.227. The van der Waals surface area contributed by atoms with E-state index in [0.29, 0.717) is 11.2 Å². The zero-order valence-corrected chi connectivity index (χ0v) is 16.2. The van der Waals surface area contributed by atoms with Crippen LogP contribution in [0.2, 0.25) is 0 Å². The number of fused-ring (bicyclic) bond motifs is 2. The number of carbonyl (C=O) groups is 2. The fourth-order valence-electron chi connectivity index (χ4n) is 3.78. The molecule has 3 aromatic rings. The van der Waals surface area contributed by atoms with Gasteiger partial charge in [-0.15, -0.1) is 0 Å². The highest BCUT2D eigenvalue weighted by Gasteiger charge is 2.27. The van der Waals surface area contributed by atoms with Crippen LogP contribution in [0, 0.1) is 0 Å². The van der Waals surface area contributed by atoms with Gasteiger partial charge in [-0.1, -0.05) is 32.0 Å². The van der Waals surface area contributed by atoms with Crippen LogP contribution in [0.5, 0.6) is 0 Å². The first-order chi connectivity index (χ1) is 13.8. The molecule has 0 aliphatic carbocycles. The fourth-order valence-corrected chi connectivity index (χ4v) is 3.78. The van der Waals surface area contributed by atoms with Gasteiger partial charge in [0, 0.05) is 29.5 Å². The third kappa shape index (κ3) is 3.24. The molecule has 7 nitrogen and oxygen atoms in total. The topological polar surface area (TPSA) is 100 Å². The molecule has 4 rings (SSSR count). The standard InChI is InChI=1S/C22H21N3O4/c1-22(2)9-10-23-17-11-13(7-8-16(17)22)24-21(29)25-12-15(20(27)28)19(26)14-5-3-4-6-18(14)25/h3-8,11-12,23H,9-10H2,1-2H3,(H,24,29)(H,27,28). The minimum absolute atomic E-state index is 0.0500. The molecular formula is C22H21N3O4. The summed E-state index contributed by atoms with van der Waals surface area (Å²) < 4.78 is 1.16. The maximum Gasteiger partial charge on any atom is 0.341 e. The molecule has 0 spiro atoms. The summed E-state index contributed by atoms with van der Waals surface area (Å²) in [6.45, 7) is 5.22. The number of aromatic carboxylic acids is 1. The van der Waals surface area contributed by atoms with Crippen molar-refractivity contribution in [1.29, 1.82) is 0 Å². The number of benzene rings is 2. The van der Waals surface area contributed by atoms with E-state index < -0.39 is 23.0 Å². The number of amides is 1. The molecule has 1 aromatic heterocycles. The molecule has 148 valence electrons. The van der Waals surface area contributed by atoms with Crippen molar-refractivity contribution in [2.45, 2.75) is 25.7 Å². The van der Waals surface area contributed by atoms with Crippen LogP contribution in [0.15, 0.2) is 53.5 Å². The Hall–Kier alpha value is -3.61. The molecule has 2 aromatic carbocycles. The van der Waals surface area contributed by atoms with Crippen LogP contribution in [0.25, 0.3) is 10.9 Å². The summed E-state index contributed by atoms with van der Waals surface area (Å²) in [5, 5.41) is 15.7. The Balaban J connectivity index is 1.75. The molecule has 1 aliphatic heterocycles. The summed E-state index contributed by atoms with van der Waals surface area (Å²) in [5.41, 5.74) is 2.06. The minimum Gasteiger partial charge on any atom is -0.477 e. The van der Waals surface area contributed by atoms with Crippen molar-refractivity contribution >= 4 is 34.3 Å². The van der Waals surface area contributed by atoms with Crippen LogP contribution in [0.3, 0.4) is 0 Å². The van der Waals surface area contributed by atoms with Gasteiger partial charge in [0.25, 0.3) is 0 Å². The van der Waals surface area contributed by atoms with Crippen LogP contribution in [0.4, 0.5) is 16.2 Å². The number of anilines is 2. The molecule has 3 N–H and O–H groups in total. The number of carboxylic acids is 1. The summed E-state index contributed by atoms with van der Waals surface area (Å²) in [5.74, 6) is -1.37. The van der Waals surface area contributed by atoms with Gasteiger partial charge in [0.2, 0.25) is 5.43 Å². The predicted octanol–water partition coefficient (Wildman–Crippen LogP) is 3.87. The monoisotopic (exact) mass is 391 g/mol. The second-order valence-corrected chi connectivity index (χ2v) is 7.82. The normalized spacial score (nSPS) is 14.7. The van der Waals surface area contributed by atoms with E-state index in [-0.39, 0.29) is 10.8 Å². The Kier molecular flexibility index (Phi) is 4.38. The third-order valence-electron chi connectivity index (χ3n) is 5.43. The van der Waals surface area contributed by atoms with Crippen molar-refractivity contribution in [3.63, 3.8) is 0 Å². The van der Waals surface area contributed by atoms with Gasteiger partial charge in [-0.2, -0.15) is 0 Å². The van der Waals surface area contributed by atoms with Crippen molar-refractivity contribution in [2.75, 3.05) is 17.2 Å². The Morgan fingerprint density at radius 2 is 1.93 bits per heavy atom. The van der Waals surface area contributed by atoms with Crippen LogP contribution >= 0.6 is 0 Å². The number of hydrogen-bond donors (Lipinski definition) is 3. The molecule has 0 saturated carbocycles.